The van der Waals surface area contributed by atoms with Gasteiger partial charge in [-0.2, -0.15) is 0 Å². The van der Waals surface area contributed by atoms with Gasteiger partial charge in [0.1, 0.15) is 0 Å². The number of hydrogen-bond donors (Lipinski definition) is 0. The normalized spacial score (nSPS) is 12.7. The number of anilines is 1. The van der Waals surface area contributed by atoms with Gasteiger partial charge in [0.15, 0.2) is 0 Å². The number of carbonyl (C=O) groups is 2. The summed E-state index contributed by atoms with van der Waals surface area (Å²) in [5.74, 6) is -0.462. The average Bonchev–Trinajstić information content (AvgIpc) is 2.89. The Kier molecular flexibility index (Phi) is 6.16. The molecule has 6 heteroatoms. The number of benzene rings is 3. The molecule has 4 rings (SSSR count). The summed E-state index contributed by atoms with van der Waals surface area (Å²) >= 11 is 3.22. The van der Waals surface area contributed by atoms with E-state index in [1.54, 1.807) is 47.5 Å². The van der Waals surface area contributed by atoms with E-state index in [0.717, 1.165) is 21.0 Å². The molecule has 1 aliphatic rings. The third kappa shape index (κ3) is 4.11. The Morgan fingerprint density at radius 2 is 1.80 bits per heavy atom. The third-order valence-electron chi connectivity index (χ3n) is 4.84. The minimum Gasteiger partial charge on any atom is -0.462 e. The lowest BCUT2D eigenvalue weighted by Crippen LogP contribution is -2.30. The molecule has 0 saturated carbocycles. The van der Waals surface area contributed by atoms with E-state index >= 15 is 0 Å². The predicted octanol–water partition coefficient (Wildman–Crippen LogP) is 5.90. The first-order valence-electron chi connectivity index (χ1n) is 9.63. The Hall–Kier alpha value is -2.70. The van der Waals surface area contributed by atoms with Crippen LogP contribution in [-0.4, -0.2) is 24.7 Å². The number of amides is 1. The van der Waals surface area contributed by atoms with Crippen LogP contribution in [0.2, 0.25) is 0 Å². The number of fused-ring (bicyclic) bond motifs is 2. The van der Waals surface area contributed by atoms with Gasteiger partial charge in [0, 0.05) is 14.7 Å². The van der Waals surface area contributed by atoms with Crippen LogP contribution >= 0.6 is 23.5 Å². The fourth-order valence-electron chi connectivity index (χ4n) is 3.33. The van der Waals surface area contributed by atoms with Crippen LogP contribution in [0, 0.1) is 0 Å². The fraction of sp³-hybridized carbons (Fsp3) is 0.167. The summed E-state index contributed by atoms with van der Waals surface area (Å²) in [5.41, 5.74) is 2.86. The standard InChI is InChI=1S/C24H21NO3S2/c1-3-28-24(27)17-10-13-22-20(14-17)25(15-16-8-11-18(29-2)12-9-16)23(26)19-6-4-5-7-21(19)30-22/h4-14H,3,15H2,1-2H3. The van der Waals surface area contributed by atoms with Crippen LogP contribution in [0.25, 0.3) is 0 Å². The summed E-state index contributed by atoms with van der Waals surface area (Å²) in [5, 5.41) is 0. The van der Waals surface area contributed by atoms with E-state index in [4.69, 9.17) is 4.74 Å². The number of ether oxygens (including phenoxy) is 1. The Balaban J connectivity index is 1.80. The van der Waals surface area contributed by atoms with E-state index in [1.165, 1.54) is 4.90 Å². The minimum atomic E-state index is -0.385. The van der Waals surface area contributed by atoms with Gasteiger partial charge in [-0.3, -0.25) is 4.79 Å². The number of esters is 1. The Morgan fingerprint density at radius 1 is 1.03 bits per heavy atom. The molecule has 0 N–H and O–H groups in total. The number of thioether (sulfide) groups is 1. The largest absolute Gasteiger partial charge is 0.462 e. The van der Waals surface area contributed by atoms with Crippen molar-refractivity contribution in [1.29, 1.82) is 0 Å². The maximum Gasteiger partial charge on any atom is 0.338 e. The minimum absolute atomic E-state index is 0.0770. The van der Waals surface area contributed by atoms with Gasteiger partial charge in [0.25, 0.3) is 5.91 Å². The highest BCUT2D eigenvalue weighted by atomic mass is 32.2. The molecule has 0 bridgehead atoms. The lowest BCUT2D eigenvalue weighted by molar-refractivity contribution is 0.0526. The monoisotopic (exact) mass is 435 g/mol. The van der Waals surface area contributed by atoms with Gasteiger partial charge >= 0.3 is 5.97 Å². The zero-order valence-corrected chi connectivity index (χ0v) is 18.4. The van der Waals surface area contributed by atoms with Crippen LogP contribution in [-0.2, 0) is 11.3 Å². The van der Waals surface area contributed by atoms with Crippen LogP contribution in [0.4, 0.5) is 5.69 Å². The SMILES string of the molecule is CCOC(=O)c1ccc2c(c1)N(Cc1ccc(SC)cc1)C(=O)c1ccccc1S2. The average molecular weight is 436 g/mol. The molecule has 3 aromatic rings. The topological polar surface area (TPSA) is 46.6 Å². The zero-order valence-electron chi connectivity index (χ0n) is 16.8. The van der Waals surface area contributed by atoms with Gasteiger partial charge in [-0.15, -0.1) is 11.8 Å². The van der Waals surface area contributed by atoms with E-state index in [2.05, 4.69) is 12.1 Å². The van der Waals surface area contributed by atoms with Crippen LogP contribution in [0.15, 0.2) is 81.4 Å². The van der Waals surface area contributed by atoms with E-state index < -0.39 is 0 Å². The number of nitrogens with zero attached hydrogens (tertiary/aromatic N) is 1. The molecular weight excluding hydrogens is 414 g/mol. The zero-order chi connectivity index (χ0) is 21.1. The lowest BCUT2D eigenvalue weighted by Gasteiger charge is -2.24. The molecule has 0 aliphatic carbocycles. The molecule has 0 unspecified atom stereocenters. The van der Waals surface area contributed by atoms with Crippen molar-refractivity contribution in [2.75, 3.05) is 17.8 Å². The van der Waals surface area contributed by atoms with Crippen molar-refractivity contribution in [3.05, 3.63) is 83.4 Å². The molecule has 30 heavy (non-hydrogen) atoms. The van der Waals surface area contributed by atoms with Crippen molar-refractivity contribution in [1.82, 2.24) is 0 Å². The van der Waals surface area contributed by atoms with Crippen LogP contribution in [0.5, 0.6) is 0 Å². The third-order valence-corrected chi connectivity index (χ3v) is 6.73. The summed E-state index contributed by atoms with van der Waals surface area (Å²) in [6.07, 6.45) is 2.04. The molecule has 3 aromatic carbocycles. The molecule has 1 amide bonds. The van der Waals surface area contributed by atoms with Gasteiger partial charge in [-0.1, -0.05) is 36.0 Å². The van der Waals surface area contributed by atoms with Gasteiger partial charge in [0.2, 0.25) is 0 Å². The van der Waals surface area contributed by atoms with Crippen LogP contribution < -0.4 is 4.90 Å². The van der Waals surface area contributed by atoms with Gasteiger partial charge < -0.3 is 9.64 Å². The Labute approximate surface area is 184 Å². The van der Waals surface area contributed by atoms with Gasteiger partial charge in [-0.25, -0.2) is 4.79 Å². The molecular formula is C24H21NO3S2. The molecule has 0 radical (unpaired) electrons. The molecule has 0 spiro atoms. The maximum atomic E-state index is 13.5. The highest BCUT2D eigenvalue weighted by Gasteiger charge is 2.28. The highest BCUT2D eigenvalue weighted by molar-refractivity contribution is 7.99. The Morgan fingerprint density at radius 3 is 2.53 bits per heavy atom. The maximum absolute atomic E-state index is 13.5. The first kappa shape index (κ1) is 20.6. The molecule has 152 valence electrons. The first-order valence-corrected chi connectivity index (χ1v) is 11.7. The second kappa shape index (κ2) is 8.98. The number of hydrogen-bond acceptors (Lipinski definition) is 5. The summed E-state index contributed by atoms with van der Waals surface area (Å²) in [6.45, 7) is 2.50. The van der Waals surface area contributed by atoms with E-state index in [-0.39, 0.29) is 11.9 Å². The van der Waals surface area contributed by atoms with E-state index in [9.17, 15) is 9.59 Å². The Bertz CT molecular complexity index is 1100. The molecule has 4 nitrogen and oxygen atoms in total. The second-order valence-corrected chi connectivity index (χ2v) is 8.70. The molecule has 0 atom stereocenters. The van der Waals surface area contributed by atoms with E-state index in [1.807, 2.05) is 48.7 Å². The summed E-state index contributed by atoms with van der Waals surface area (Å²) in [6, 6.07) is 21.2. The molecule has 1 heterocycles. The highest BCUT2D eigenvalue weighted by Crippen LogP contribution is 2.42. The van der Waals surface area contributed by atoms with Crippen molar-refractivity contribution >= 4 is 41.1 Å². The predicted molar refractivity (Wildman–Crippen MR) is 122 cm³/mol. The van der Waals surface area contributed by atoms with Crippen LogP contribution in [0.1, 0.15) is 33.2 Å². The first-order chi connectivity index (χ1) is 14.6. The lowest BCUT2D eigenvalue weighted by atomic mass is 10.1. The summed E-state index contributed by atoms with van der Waals surface area (Å²) in [4.78, 5) is 30.6. The molecule has 0 aromatic heterocycles. The fourth-order valence-corrected chi connectivity index (χ4v) is 4.80. The van der Waals surface area contributed by atoms with Crippen LogP contribution in [0.3, 0.4) is 0 Å². The number of rotatable bonds is 5. The van der Waals surface area contributed by atoms with Crippen molar-refractivity contribution in [2.24, 2.45) is 0 Å². The smallest absolute Gasteiger partial charge is 0.338 e. The molecule has 0 fully saturated rings. The number of carbonyl (C=O) groups excluding carboxylic acids is 2. The van der Waals surface area contributed by atoms with Crippen molar-refractivity contribution in [2.45, 2.75) is 28.2 Å². The van der Waals surface area contributed by atoms with Crippen molar-refractivity contribution in [3.63, 3.8) is 0 Å². The quantitative estimate of drug-likeness (QED) is 0.369. The van der Waals surface area contributed by atoms with Gasteiger partial charge in [-0.05, 0) is 61.2 Å². The van der Waals surface area contributed by atoms with Crippen molar-refractivity contribution < 1.29 is 14.3 Å². The molecule has 0 saturated heterocycles. The summed E-state index contributed by atoms with van der Waals surface area (Å²) < 4.78 is 5.17. The molecule has 1 aliphatic heterocycles. The van der Waals surface area contributed by atoms with E-state index in [0.29, 0.717) is 24.3 Å². The van der Waals surface area contributed by atoms with Gasteiger partial charge in [0.05, 0.1) is 30.0 Å². The summed E-state index contributed by atoms with van der Waals surface area (Å²) in [7, 11) is 0. The van der Waals surface area contributed by atoms with Crippen molar-refractivity contribution in [3.8, 4) is 0 Å². The second-order valence-electron chi connectivity index (χ2n) is 6.74.